The number of sulfone groups is 1. The van der Waals surface area contributed by atoms with Gasteiger partial charge in [-0.1, -0.05) is 0 Å². The third-order valence-electron chi connectivity index (χ3n) is 2.87. The van der Waals surface area contributed by atoms with E-state index in [1.807, 2.05) is 0 Å². The summed E-state index contributed by atoms with van der Waals surface area (Å²) in [6.45, 7) is 2.87. The molecule has 0 fully saturated rings. The maximum Gasteiger partial charge on any atom is 0.355 e. The molecular formula is C11H16N2O5S2. The highest BCUT2D eigenvalue weighted by Gasteiger charge is 2.38. The molecule has 112 valence electrons. The molecule has 9 heteroatoms. The number of carbonyl (C=O) groups is 2. The van der Waals surface area contributed by atoms with Crippen LogP contribution in [0.25, 0.3) is 0 Å². The molecule has 1 amide bonds. The number of rotatable bonds is 6. The standard InChI is InChI=1S/C11H16N2O5S2/c1-11(2,20(3,17)18)10(16)12-5-4-8-13-7(6-19-8)9(14)15/h6H,4-5H2,1-3H3,(H,12,16)(H,14,15). The number of nitrogens with zero attached hydrogens (tertiary/aromatic N) is 1. The second-order valence-electron chi connectivity index (χ2n) is 4.72. The molecule has 0 saturated carbocycles. The topological polar surface area (TPSA) is 113 Å². The highest BCUT2D eigenvalue weighted by molar-refractivity contribution is 7.92. The van der Waals surface area contributed by atoms with Crippen LogP contribution in [0.5, 0.6) is 0 Å². The van der Waals surface area contributed by atoms with Gasteiger partial charge in [0, 0.05) is 24.6 Å². The van der Waals surface area contributed by atoms with E-state index < -0.39 is 26.5 Å². The SMILES string of the molecule is CC(C)(C(=O)NCCc1nc(C(=O)O)cs1)S(C)(=O)=O. The molecule has 0 aliphatic rings. The van der Waals surface area contributed by atoms with Crippen molar-refractivity contribution in [2.24, 2.45) is 0 Å². The molecule has 1 aromatic rings. The molecule has 0 saturated heterocycles. The van der Waals surface area contributed by atoms with Crippen molar-refractivity contribution < 1.29 is 23.1 Å². The number of nitrogens with one attached hydrogen (secondary N) is 1. The zero-order valence-corrected chi connectivity index (χ0v) is 13.0. The second-order valence-corrected chi connectivity index (χ2v) is 8.23. The van der Waals surface area contributed by atoms with Gasteiger partial charge in [-0.2, -0.15) is 0 Å². The van der Waals surface area contributed by atoms with E-state index >= 15 is 0 Å². The highest BCUT2D eigenvalue weighted by atomic mass is 32.2. The minimum absolute atomic E-state index is 0.0345. The number of carboxylic acid groups (broad SMARTS) is 1. The predicted molar refractivity (Wildman–Crippen MR) is 74.7 cm³/mol. The Bertz CT molecular complexity index is 619. The van der Waals surface area contributed by atoms with Gasteiger partial charge in [0.15, 0.2) is 15.5 Å². The van der Waals surface area contributed by atoms with Crippen LogP contribution in [0.15, 0.2) is 5.38 Å². The Morgan fingerprint density at radius 3 is 2.50 bits per heavy atom. The summed E-state index contributed by atoms with van der Waals surface area (Å²) in [6, 6.07) is 0. The van der Waals surface area contributed by atoms with Gasteiger partial charge < -0.3 is 10.4 Å². The van der Waals surface area contributed by atoms with Crippen molar-refractivity contribution in [3.8, 4) is 0 Å². The Labute approximate surface area is 121 Å². The van der Waals surface area contributed by atoms with Crippen molar-refractivity contribution in [1.29, 1.82) is 0 Å². The minimum Gasteiger partial charge on any atom is -0.476 e. The second kappa shape index (κ2) is 5.88. The number of thiazole rings is 1. The first kappa shape index (κ1) is 16.6. The average molecular weight is 320 g/mol. The molecule has 0 bridgehead atoms. The third kappa shape index (κ3) is 3.76. The van der Waals surface area contributed by atoms with Gasteiger partial charge in [0.25, 0.3) is 0 Å². The summed E-state index contributed by atoms with van der Waals surface area (Å²) in [4.78, 5) is 26.3. The van der Waals surface area contributed by atoms with Crippen molar-refractivity contribution in [2.45, 2.75) is 25.0 Å². The van der Waals surface area contributed by atoms with E-state index in [0.29, 0.717) is 11.4 Å². The van der Waals surface area contributed by atoms with Crippen molar-refractivity contribution in [3.63, 3.8) is 0 Å². The van der Waals surface area contributed by atoms with Gasteiger partial charge in [0.1, 0.15) is 4.75 Å². The summed E-state index contributed by atoms with van der Waals surface area (Å²) < 4.78 is 21.4. The normalized spacial score (nSPS) is 12.2. The quantitative estimate of drug-likeness (QED) is 0.780. The molecule has 1 heterocycles. The molecule has 0 spiro atoms. The molecular weight excluding hydrogens is 304 g/mol. The largest absolute Gasteiger partial charge is 0.476 e. The van der Waals surface area contributed by atoms with Crippen LogP contribution in [-0.2, 0) is 21.1 Å². The number of hydrogen-bond donors (Lipinski definition) is 2. The summed E-state index contributed by atoms with van der Waals surface area (Å²) in [5, 5.41) is 13.2. The summed E-state index contributed by atoms with van der Waals surface area (Å²) in [5.74, 6) is -1.69. The van der Waals surface area contributed by atoms with E-state index in [9.17, 15) is 18.0 Å². The number of hydrogen-bond acceptors (Lipinski definition) is 6. The third-order valence-corrected chi connectivity index (χ3v) is 5.82. The van der Waals surface area contributed by atoms with Gasteiger partial charge >= 0.3 is 5.97 Å². The number of aromatic nitrogens is 1. The van der Waals surface area contributed by atoms with Crippen molar-refractivity contribution in [2.75, 3.05) is 12.8 Å². The lowest BCUT2D eigenvalue weighted by Crippen LogP contribution is -2.48. The summed E-state index contributed by atoms with van der Waals surface area (Å²) in [6.07, 6.45) is 1.36. The van der Waals surface area contributed by atoms with E-state index in [-0.39, 0.29) is 12.2 Å². The first-order valence-electron chi connectivity index (χ1n) is 5.71. The molecule has 0 aliphatic heterocycles. The Balaban J connectivity index is 2.56. The predicted octanol–water partition coefficient (Wildman–Crippen LogP) is 0.323. The van der Waals surface area contributed by atoms with Crippen LogP contribution in [0.4, 0.5) is 0 Å². The summed E-state index contributed by atoms with van der Waals surface area (Å²) >= 11 is 1.18. The lowest BCUT2D eigenvalue weighted by atomic mass is 10.2. The molecule has 20 heavy (non-hydrogen) atoms. The highest BCUT2D eigenvalue weighted by Crippen LogP contribution is 2.15. The zero-order chi connectivity index (χ0) is 15.6. The lowest BCUT2D eigenvalue weighted by Gasteiger charge is -2.21. The molecule has 0 unspecified atom stereocenters. The van der Waals surface area contributed by atoms with Crippen LogP contribution >= 0.6 is 11.3 Å². The molecule has 0 aliphatic carbocycles. The van der Waals surface area contributed by atoms with Gasteiger partial charge in [-0.05, 0) is 13.8 Å². The van der Waals surface area contributed by atoms with Crippen molar-refractivity contribution in [3.05, 3.63) is 16.1 Å². The first-order chi connectivity index (χ1) is 9.05. The number of carbonyl (C=O) groups excluding carboxylic acids is 1. The maximum atomic E-state index is 11.8. The first-order valence-corrected chi connectivity index (χ1v) is 8.48. The number of carboxylic acids is 1. The van der Waals surface area contributed by atoms with Gasteiger partial charge in [0.05, 0.1) is 5.01 Å². The van der Waals surface area contributed by atoms with Crippen molar-refractivity contribution >= 4 is 33.1 Å². The fourth-order valence-electron chi connectivity index (χ4n) is 1.19. The fourth-order valence-corrected chi connectivity index (χ4v) is 2.37. The molecule has 1 rings (SSSR count). The number of amides is 1. The van der Waals surface area contributed by atoms with Crippen LogP contribution < -0.4 is 5.32 Å². The van der Waals surface area contributed by atoms with E-state index in [1.165, 1.54) is 30.6 Å². The molecule has 2 N–H and O–H groups in total. The smallest absolute Gasteiger partial charge is 0.355 e. The fraction of sp³-hybridized carbons (Fsp3) is 0.545. The van der Waals surface area contributed by atoms with Gasteiger partial charge in [0.2, 0.25) is 5.91 Å². The van der Waals surface area contributed by atoms with Gasteiger partial charge in [-0.25, -0.2) is 18.2 Å². The van der Waals surface area contributed by atoms with E-state index in [2.05, 4.69) is 10.3 Å². The van der Waals surface area contributed by atoms with Crippen LogP contribution in [0.2, 0.25) is 0 Å². The Hall–Kier alpha value is -1.48. The molecule has 1 aromatic heterocycles. The Kier molecular flexibility index (Phi) is 4.87. The molecule has 0 atom stereocenters. The van der Waals surface area contributed by atoms with Crippen molar-refractivity contribution in [1.82, 2.24) is 10.3 Å². The summed E-state index contributed by atoms with van der Waals surface area (Å²) in [5.41, 5.74) is -0.0345. The van der Waals surface area contributed by atoms with Gasteiger partial charge in [-0.15, -0.1) is 11.3 Å². The van der Waals surface area contributed by atoms with Crippen LogP contribution in [0, 0.1) is 0 Å². The molecule has 7 nitrogen and oxygen atoms in total. The van der Waals surface area contributed by atoms with E-state index in [1.54, 1.807) is 0 Å². The zero-order valence-electron chi connectivity index (χ0n) is 11.3. The Morgan fingerprint density at radius 1 is 1.45 bits per heavy atom. The van der Waals surface area contributed by atoms with Crippen LogP contribution in [0.1, 0.15) is 29.3 Å². The van der Waals surface area contributed by atoms with Gasteiger partial charge in [-0.3, -0.25) is 4.79 Å². The molecule has 0 radical (unpaired) electrons. The van der Waals surface area contributed by atoms with Crippen LogP contribution in [0.3, 0.4) is 0 Å². The molecule has 0 aromatic carbocycles. The van der Waals surface area contributed by atoms with E-state index in [4.69, 9.17) is 5.11 Å². The summed E-state index contributed by atoms with van der Waals surface area (Å²) in [7, 11) is -3.51. The minimum atomic E-state index is -3.51. The number of aromatic carboxylic acids is 1. The van der Waals surface area contributed by atoms with Crippen LogP contribution in [-0.4, -0.2) is 47.9 Å². The monoisotopic (exact) mass is 320 g/mol. The van der Waals surface area contributed by atoms with E-state index in [0.717, 1.165) is 6.26 Å². The lowest BCUT2D eigenvalue weighted by molar-refractivity contribution is -0.122. The maximum absolute atomic E-state index is 11.8. The Morgan fingerprint density at radius 2 is 2.05 bits per heavy atom. The average Bonchev–Trinajstić information content (AvgIpc) is 2.76.